The van der Waals surface area contributed by atoms with Crippen LogP contribution in [0.3, 0.4) is 0 Å². The van der Waals surface area contributed by atoms with E-state index in [1.165, 1.54) is 44.9 Å². The number of carbonyl (C=O) groups is 2. The van der Waals surface area contributed by atoms with E-state index < -0.39 is 32.5 Å². The lowest BCUT2D eigenvalue weighted by Gasteiger charge is -2.18. The van der Waals surface area contributed by atoms with Crippen LogP contribution in [0.1, 0.15) is 142 Å². The minimum atomic E-state index is -4.77. The van der Waals surface area contributed by atoms with Gasteiger partial charge in [-0.05, 0) is 64.2 Å². The Balaban J connectivity index is 4.06. The zero-order valence-electron chi connectivity index (χ0n) is 29.9. The number of allylic oxidation sites excluding steroid dienone is 12. The summed E-state index contributed by atoms with van der Waals surface area (Å²) in [6.07, 6.45) is 43.4. The van der Waals surface area contributed by atoms with E-state index in [9.17, 15) is 14.2 Å². The predicted molar refractivity (Wildman–Crippen MR) is 197 cm³/mol. The third-order valence-electron chi connectivity index (χ3n) is 7.30. The van der Waals surface area contributed by atoms with E-state index in [2.05, 4.69) is 54.8 Å². The van der Waals surface area contributed by atoms with E-state index in [1.54, 1.807) is 0 Å². The predicted octanol–water partition coefficient (Wildman–Crippen LogP) is 10.7. The Morgan fingerprint density at radius 3 is 1.69 bits per heavy atom. The molecule has 0 aromatic carbocycles. The van der Waals surface area contributed by atoms with Gasteiger partial charge in [0.1, 0.15) is 6.61 Å². The summed E-state index contributed by atoms with van der Waals surface area (Å²) in [5, 5.41) is 0. The molecular weight excluding hydrogens is 627 g/mol. The van der Waals surface area contributed by atoms with Crippen molar-refractivity contribution in [3.8, 4) is 0 Å². The number of unbranched alkanes of at least 4 members (excludes halogenated alkanes) is 13. The Hall–Kier alpha value is -2.51. The van der Waals surface area contributed by atoms with Crippen LogP contribution in [-0.4, -0.2) is 41.0 Å². The molecule has 0 amide bonds. The van der Waals surface area contributed by atoms with Crippen molar-refractivity contribution < 1.29 is 37.9 Å². The zero-order valence-corrected chi connectivity index (χ0v) is 30.7. The molecule has 0 aliphatic rings. The molecule has 0 radical (unpaired) electrons. The van der Waals surface area contributed by atoms with Gasteiger partial charge in [0, 0.05) is 12.8 Å². The molecule has 0 aromatic heterocycles. The molecular formula is C39H65O8P. The molecule has 1 atom stereocenters. The molecule has 9 heteroatoms. The van der Waals surface area contributed by atoms with Crippen molar-refractivity contribution >= 4 is 19.8 Å². The highest BCUT2D eigenvalue weighted by molar-refractivity contribution is 7.46. The standard InChI is InChI=1S/C39H65O8P/c1-3-5-7-9-11-13-15-17-18-19-20-22-23-25-27-29-31-33-38(40)45-35-37(36-46-48(42,43)44)47-39(41)34-32-30-28-26-24-21-16-14-12-10-8-6-4-2/h6,8,10-14,16-18,21,24,37H,3-5,7,9,15,19-20,22-23,25-36H2,1-2H3,(H2,42,43,44)/b8-6+,12-10+,13-11+,16-14+,18-17+,24-21+. The summed E-state index contributed by atoms with van der Waals surface area (Å²) in [7, 11) is -4.77. The first-order valence-electron chi connectivity index (χ1n) is 18.3. The van der Waals surface area contributed by atoms with Crippen LogP contribution in [0.25, 0.3) is 0 Å². The molecule has 274 valence electrons. The minimum absolute atomic E-state index is 0.160. The number of esters is 2. The number of carbonyl (C=O) groups excluding carboxylic acids is 2. The number of phosphoric acid groups is 1. The highest BCUT2D eigenvalue weighted by Crippen LogP contribution is 2.35. The summed E-state index contributed by atoms with van der Waals surface area (Å²) in [4.78, 5) is 42.6. The van der Waals surface area contributed by atoms with E-state index in [4.69, 9.17) is 19.3 Å². The number of ether oxygens (including phenoxy) is 2. The molecule has 0 aliphatic carbocycles. The Morgan fingerprint density at radius 2 is 1.08 bits per heavy atom. The highest BCUT2D eigenvalue weighted by atomic mass is 31.2. The van der Waals surface area contributed by atoms with Crippen LogP contribution in [-0.2, 0) is 28.2 Å². The van der Waals surface area contributed by atoms with Crippen molar-refractivity contribution in [1.29, 1.82) is 0 Å². The second kappa shape index (κ2) is 34.4. The molecule has 0 rings (SSSR count). The normalized spacial score (nSPS) is 13.3. The second-order valence-corrected chi connectivity index (χ2v) is 13.1. The third-order valence-corrected chi connectivity index (χ3v) is 7.79. The maximum atomic E-state index is 12.3. The second-order valence-electron chi connectivity index (χ2n) is 11.9. The van der Waals surface area contributed by atoms with Gasteiger partial charge in [0.05, 0.1) is 6.61 Å². The lowest BCUT2D eigenvalue weighted by molar-refractivity contribution is -0.161. The average Bonchev–Trinajstić information content (AvgIpc) is 3.05. The van der Waals surface area contributed by atoms with Gasteiger partial charge in [-0.15, -0.1) is 0 Å². The maximum absolute atomic E-state index is 12.3. The Morgan fingerprint density at radius 1 is 0.583 bits per heavy atom. The van der Waals surface area contributed by atoms with Gasteiger partial charge in [-0.1, -0.05) is 138 Å². The fourth-order valence-electron chi connectivity index (χ4n) is 4.59. The molecule has 0 saturated carbocycles. The topological polar surface area (TPSA) is 119 Å². The third kappa shape index (κ3) is 36.3. The van der Waals surface area contributed by atoms with Crippen LogP contribution < -0.4 is 0 Å². The summed E-state index contributed by atoms with van der Waals surface area (Å²) >= 11 is 0. The zero-order chi connectivity index (χ0) is 35.4. The molecule has 0 saturated heterocycles. The number of rotatable bonds is 32. The Bertz CT molecular complexity index is 1010. The van der Waals surface area contributed by atoms with Gasteiger partial charge in [0.15, 0.2) is 6.10 Å². The molecule has 0 fully saturated rings. The maximum Gasteiger partial charge on any atom is 0.469 e. The molecule has 1 unspecified atom stereocenters. The first-order valence-corrected chi connectivity index (χ1v) is 19.8. The average molecular weight is 693 g/mol. The van der Waals surface area contributed by atoms with Crippen molar-refractivity contribution in [1.82, 2.24) is 0 Å². The summed E-state index contributed by atoms with van der Waals surface area (Å²) in [5.74, 6) is -0.948. The summed E-state index contributed by atoms with van der Waals surface area (Å²) in [6, 6.07) is 0. The van der Waals surface area contributed by atoms with Gasteiger partial charge in [-0.3, -0.25) is 14.1 Å². The van der Waals surface area contributed by atoms with E-state index in [1.807, 2.05) is 36.5 Å². The summed E-state index contributed by atoms with van der Waals surface area (Å²) in [5.41, 5.74) is 0. The van der Waals surface area contributed by atoms with Crippen LogP contribution in [0, 0.1) is 0 Å². The Kier molecular flexibility index (Phi) is 32.6. The molecule has 0 spiro atoms. The van der Waals surface area contributed by atoms with Crippen LogP contribution in [0.5, 0.6) is 0 Å². The first-order chi connectivity index (χ1) is 23.3. The van der Waals surface area contributed by atoms with Crippen molar-refractivity contribution in [2.45, 2.75) is 148 Å². The van der Waals surface area contributed by atoms with Gasteiger partial charge in [0.25, 0.3) is 0 Å². The van der Waals surface area contributed by atoms with Crippen molar-refractivity contribution in [3.63, 3.8) is 0 Å². The largest absolute Gasteiger partial charge is 0.469 e. The molecule has 2 N–H and O–H groups in total. The van der Waals surface area contributed by atoms with E-state index in [0.717, 1.165) is 57.8 Å². The molecule has 0 aliphatic heterocycles. The van der Waals surface area contributed by atoms with Crippen molar-refractivity contribution in [2.75, 3.05) is 13.2 Å². The lowest BCUT2D eigenvalue weighted by Crippen LogP contribution is -2.29. The molecule has 0 bridgehead atoms. The van der Waals surface area contributed by atoms with E-state index in [0.29, 0.717) is 12.8 Å². The van der Waals surface area contributed by atoms with Crippen molar-refractivity contribution in [2.24, 2.45) is 0 Å². The smallest absolute Gasteiger partial charge is 0.462 e. The number of hydrogen-bond donors (Lipinski definition) is 2. The monoisotopic (exact) mass is 692 g/mol. The lowest BCUT2D eigenvalue weighted by atomic mass is 10.1. The fourth-order valence-corrected chi connectivity index (χ4v) is 4.95. The minimum Gasteiger partial charge on any atom is -0.462 e. The van der Waals surface area contributed by atoms with Crippen LogP contribution in [0.15, 0.2) is 72.9 Å². The van der Waals surface area contributed by atoms with Gasteiger partial charge in [-0.2, -0.15) is 0 Å². The van der Waals surface area contributed by atoms with Crippen LogP contribution in [0.4, 0.5) is 0 Å². The van der Waals surface area contributed by atoms with Crippen LogP contribution >= 0.6 is 7.82 Å². The molecule has 48 heavy (non-hydrogen) atoms. The van der Waals surface area contributed by atoms with Gasteiger partial charge < -0.3 is 19.3 Å². The Labute approximate surface area is 291 Å². The SMILES string of the molecule is CC/C=C/C=C/C=C/C=C/CCCCCC(=O)OC(COC(=O)CCCCCCCCC/C=C/C/C=C/CCCCC)COP(=O)(O)O. The summed E-state index contributed by atoms with van der Waals surface area (Å²) < 4.78 is 26.2. The van der Waals surface area contributed by atoms with Gasteiger partial charge >= 0.3 is 19.8 Å². The van der Waals surface area contributed by atoms with Gasteiger partial charge in [0.2, 0.25) is 0 Å². The number of phosphoric ester groups is 1. The number of hydrogen-bond acceptors (Lipinski definition) is 6. The fraction of sp³-hybridized carbons (Fsp3) is 0.641. The highest BCUT2D eigenvalue weighted by Gasteiger charge is 2.22. The quantitative estimate of drug-likeness (QED) is 0.0235. The summed E-state index contributed by atoms with van der Waals surface area (Å²) in [6.45, 7) is 3.45. The van der Waals surface area contributed by atoms with Crippen LogP contribution in [0.2, 0.25) is 0 Å². The van der Waals surface area contributed by atoms with E-state index in [-0.39, 0.29) is 19.4 Å². The molecule has 0 aromatic rings. The van der Waals surface area contributed by atoms with Crippen molar-refractivity contribution in [3.05, 3.63) is 72.9 Å². The van der Waals surface area contributed by atoms with Gasteiger partial charge in [-0.25, -0.2) is 4.57 Å². The molecule has 0 heterocycles. The first kappa shape index (κ1) is 45.5. The van der Waals surface area contributed by atoms with E-state index >= 15 is 0 Å². The molecule has 8 nitrogen and oxygen atoms in total.